The highest BCUT2D eigenvalue weighted by atomic mass is 32.2. The van der Waals surface area contributed by atoms with Gasteiger partial charge in [-0.05, 0) is 13.8 Å². The Labute approximate surface area is 251 Å². The summed E-state index contributed by atoms with van der Waals surface area (Å²) in [4.78, 5) is 54.4. The first-order valence-corrected chi connectivity index (χ1v) is 15.9. The Hall–Kier alpha value is -3.54. The Bertz CT molecular complexity index is 1540. The molecular weight excluding hydrogens is 609 g/mol. The van der Waals surface area contributed by atoms with Crippen molar-refractivity contribution in [2.75, 3.05) is 24.2 Å². The lowest BCUT2D eigenvalue weighted by Gasteiger charge is -2.49. The maximum atomic E-state index is 13.2. The molecule has 5 heterocycles. The number of rotatable bonds is 11. The topological polar surface area (TPSA) is 163 Å². The number of aromatic nitrogens is 4. The van der Waals surface area contributed by atoms with E-state index in [-0.39, 0.29) is 23.8 Å². The van der Waals surface area contributed by atoms with E-state index in [2.05, 4.69) is 30.1 Å². The van der Waals surface area contributed by atoms with Gasteiger partial charge in [-0.15, -0.1) is 23.1 Å². The monoisotopic (exact) mass is 633 g/mol. The van der Waals surface area contributed by atoms with E-state index in [0.29, 0.717) is 26.7 Å². The van der Waals surface area contributed by atoms with Crippen LogP contribution in [0.3, 0.4) is 0 Å². The summed E-state index contributed by atoms with van der Waals surface area (Å²) in [7, 11) is 1.93. The standard InChI is InChI=1S/C24H24N8O5S4/c1-4-25-23-28-18(30-41-23)15(29-37-5-2)19(33)27-16-20(34)32-17(22(35)36)14(11-38-21(16)32)40-24-26-13(10-39-24)12-6-8-31(3)9-7-12/h6-10,16,21H,4-5,11H2,1-3H3,(H2-,25,27,28,30,33,35,36)/p+1/t16-,21-/m1/s1. The first-order valence-electron chi connectivity index (χ1n) is 12.4. The number of nitrogens with zero attached hydrogens (tertiary/aromatic N) is 6. The van der Waals surface area contributed by atoms with Crippen molar-refractivity contribution in [2.45, 2.75) is 29.6 Å². The van der Waals surface area contributed by atoms with Crippen LogP contribution in [-0.2, 0) is 26.3 Å². The van der Waals surface area contributed by atoms with Gasteiger partial charge in [0, 0.05) is 51.8 Å². The molecule has 2 aliphatic heterocycles. The van der Waals surface area contributed by atoms with Crippen molar-refractivity contribution in [3.8, 4) is 11.3 Å². The number of thioether (sulfide) groups is 2. The predicted octanol–water partition coefficient (Wildman–Crippen LogP) is 2.15. The molecule has 17 heteroatoms. The number of thiazole rings is 1. The van der Waals surface area contributed by atoms with Gasteiger partial charge in [0.15, 0.2) is 16.7 Å². The predicted molar refractivity (Wildman–Crippen MR) is 157 cm³/mol. The maximum absolute atomic E-state index is 13.2. The highest BCUT2D eigenvalue weighted by molar-refractivity contribution is 8.07. The number of pyridine rings is 1. The van der Waals surface area contributed by atoms with Gasteiger partial charge in [0.05, 0.1) is 5.69 Å². The lowest BCUT2D eigenvalue weighted by molar-refractivity contribution is -0.671. The zero-order valence-corrected chi connectivity index (χ0v) is 25.3. The molecule has 5 rings (SSSR count). The fourth-order valence-corrected chi connectivity index (χ4v) is 8.05. The highest BCUT2D eigenvalue weighted by Crippen LogP contribution is 2.46. The maximum Gasteiger partial charge on any atom is 0.353 e. The number of aliphatic carboxylic acids is 1. The lowest BCUT2D eigenvalue weighted by Crippen LogP contribution is -2.71. The lowest BCUT2D eigenvalue weighted by atomic mass is 10.0. The second-order valence-electron chi connectivity index (χ2n) is 8.60. The van der Waals surface area contributed by atoms with Gasteiger partial charge in [-0.25, -0.2) is 14.3 Å². The van der Waals surface area contributed by atoms with Crippen LogP contribution < -0.4 is 15.2 Å². The van der Waals surface area contributed by atoms with Crippen LogP contribution in [0, 0.1) is 0 Å². The molecule has 1 fully saturated rings. The molecule has 0 aliphatic carbocycles. The summed E-state index contributed by atoms with van der Waals surface area (Å²) in [5.74, 6) is -2.04. The second kappa shape index (κ2) is 12.5. The number of hydrogen-bond acceptors (Lipinski definition) is 13. The average molecular weight is 634 g/mol. The van der Waals surface area contributed by atoms with E-state index in [1.165, 1.54) is 39.8 Å². The Morgan fingerprint density at radius 3 is 2.78 bits per heavy atom. The van der Waals surface area contributed by atoms with Crippen LogP contribution in [0.5, 0.6) is 0 Å². The number of carbonyl (C=O) groups is 3. The van der Waals surface area contributed by atoms with E-state index in [1.54, 1.807) is 6.92 Å². The number of nitrogens with one attached hydrogen (secondary N) is 2. The van der Waals surface area contributed by atoms with E-state index in [0.717, 1.165) is 22.8 Å². The Balaban J connectivity index is 1.31. The van der Waals surface area contributed by atoms with Crippen molar-refractivity contribution in [2.24, 2.45) is 12.2 Å². The van der Waals surface area contributed by atoms with Gasteiger partial charge >= 0.3 is 5.97 Å². The summed E-state index contributed by atoms with van der Waals surface area (Å²) in [6, 6.07) is 2.96. The van der Waals surface area contributed by atoms with E-state index in [9.17, 15) is 19.5 Å². The molecular formula is C24H25N8O5S4+. The number of carboxylic acid groups (broad SMARTS) is 1. The van der Waals surface area contributed by atoms with Gasteiger partial charge < -0.3 is 20.6 Å². The molecule has 0 bridgehead atoms. The van der Waals surface area contributed by atoms with Crippen molar-refractivity contribution >= 4 is 75.0 Å². The van der Waals surface area contributed by atoms with Gasteiger partial charge in [0.2, 0.25) is 16.7 Å². The molecule has 41 heavy (non-hydrogen) atoms. The Morgan fingerprint density at radius 2 is 2.07 bits per heavy atom. The first-order chi connectivity index (χ1) is 19.8. The number of amides is 2. The summed E-state index contributed by atoms with van der Waals surface area (Å²) in [5, 5.41) is 21.4. The van der Waals surface area contributed by atoms with Gasteiger partial charge in [-0.3, -0.25) is 14.5 Å². The van der Waals surface area contributed by atoms with Gasteiger partial charge in [0.1, 0.15) is 30.8 Å². The Morgan fingerprint density at radius 1 is 1.29 bits per heavy atom. The van der Waals surface area contributed by atoms with Gasteiger partial charge in [-0.2, -0.15) is 9.36 Å². The molecule has 214 valence electrons. The smallest absolute Gasteiger partial charge is 0.353 e. The molecule has 0 aromatic carbocycles. The summed E-state index contributed by atoms with van der Waals surface area (Å²) < 4.78 is 6.77. The molecule has 1 saturated heterocycles. The first kappa shape index (κ1) is 29.0. The van der Waals surface area contributed by atoms with Crippen LogP contribution in [0.4, 0.5) is 5.13 Å². The third kappa shape index (κ3) is 6.07. The van der Waals surface area contributed by atoms with E-state index < -0.39 is 29.2 Å². The molecule has 3 N–H and O–H groups in total. The highest BCUT2D eigenvalue weighted by Gasteiger charge is 2.54. The molecule has 2 atom stereocenters. The summed E-state index contributed by atoms with van der Waals surface area (Å²) in [5.41, 5.74) is 1.47. The van der Waals surface area contributed by atoms with Crippen molar-refractivity contribution < 1.29 is 28.9 Å². The summed E-state index contributed by atoms with van der Waals surface area (Å²) in [6.07, 6.45) is 3.85. The molecule has 0 spiro atoms. The van der Waals surface area contributed by atoms with Crippen LogP contribution in [-0.4, -0.2) is 78.2 Å². The molecule has 3 aromatic heterocycles. The van der Waals surface area contributed by atoms with E-state index >= 15 is 0 Å². The third-order valence-corrected chi connectivity index (χ3v) is 10.0. The molecule has 0 unspecified atom stereocenters. The third-order valence-electron chi connectivity index (χ3n) is 5.86. The average Bonchev–Trinajstić information content (AvgIpc) is 3.62. The Kier molecular flexibility index (Phi) is 8.86. The van der Waals surface area contributed by atoms with Gasteiger partial charge in [0.25, 0.3) is 11.8 Å². The number of fused-ring (bicyclic) bond motifs is 1. The van der Waals surface area contributed by atoms with E-state index in [1.807, 2.05) is 48.4 Å². The zero-order valence-electron chi connectivity index (χ0n) is 22.1. The van der Waals surface area contributed by atoms with Crippen LogP contribution in [0.1, 0.15) is 19.7 Å². The van der Waals surface area contributed by atoms with Crippen LogP contribution in [0.25, 0.3) is 11.3 Å². The van der Waals surface area contributed by atoms with Crippen LogP contribution >= 0.6 is 46.4 Å². The molecule has 13 nitrogen and oxygen atoms in total. The normalized spacial score (nSPS) is 18.6. The van der Waals surface area contributed by atoms with Crippen molar-refractivity contribution in [1.82, 2.24) is 24.6 Å². The fraction of sp³-hybridized carbons (Fsp3) is 0.333. The molecule has 0 saturated carbocycles. The fourth-order valence-electron chi connectivity index (χ4n) is 3.95. The molecule has 3 aromatic rings. The number of carbonyl (C=O) groups excluding carboxylic acids is 2. The van der Waals surface area contributed by atoms with Crippen molar-refractivity contribution in [1.29, 1.82) is 0 Å². The second-order valence-corrected chi connectivity index (χ2v) is 12.7. The zero-order chi connectivity index (χ0) is 29.1. The number of β-lactam (4-membered cyclic amide) rings is 1. The summed E-state index contributed by atoms with van der Waals surface area (Å²) in [6.45, 7) is 4.46. The number of aryl methyl sites for hydroxylation is 1. The SMILES string of the molecule is CCNc1nc(C(=NOCC)C(=O)N[C@@H]2C(=O)N3C(C(=O)O)=C(Sc4nc(-c5cc[n+](C)cc5)cs4)CS[C@H]23)ns1. The number of hydrogen-bond donors (Lipinski definition) is 3. The number of anilines is 1. The molecule has 2 aliphatic rings. The van der Waals surface area contributed by atoms with Crippen molar-refractivity contribution in [3.63, 3.8) is 0 Å². The largest absolute Gasteiger partial charge is 0.477 e. The van der Waals surface area contributed by atoms with Gasteiger partial charge in [-0.1, -0.05) is 16.9 Å². The summed E-state index contributed by atoms with van der Waals surface area (Å²) >= 11 is 5.08. The van der Waals surface area contributed by atoms with Crippen molar-refractivity contribution in [3.05, 3.63) is 46.3 Å². The minimum atomic E-state index is -1.22. The minimum Gasteiger partial charge on any atom is -0.477 e. The number of oxime groups is 1. The van der Waals surface area contributed by atoms with E-state index in [4.69, 9.17) is 4.84 Å². The number of carboxylic acids is 1. The molecule has 2 amide bonds. The van der Waals surface area contributed by atoms with Crippen LogP contribution in [0.15, 0.2) is 50.0 Å². The van der Waals surface area contributed by atoms with Crippen LogP contribution in [0.2, 0.25) is 0 Å². The molecule has 0 radical (unpaired) electrons. The minimum absolute atomic E-state index is 0.0637. The quantitative estimate of drug-likeness (QED) is 0.123.